The third-order valence-electron chi connectivity index (χ3n) is 3.14. The Hall–Kier alpha value is -1.77. The average Bonchev–Trinajstić information content (AvgIpc) is 2.39. The number of pyridine rings is 2. The highest BCUT2D eigenvalue weighted by atomic mass is 19.1. The van der Waals surface area contributed by atoms with E-state index < -0.39 is 0 Å². The molecule has 0 bridgehead atoms. The van der Waals surface area contributed by atoms with Gasteiger partial charge in [-0.1, -0.05) is 26.8 Å². The van der Waals surface area contributed by atoms with Gasteiger partial charge in [-0.3, -0.25) is 9.97 Å². The summed E-state index contributed by atoms with van der Waals surface area (Å²) in [6.45, 7) is 6.34. The summed E-state index contributed by atoms with van der Waals surface area (Å²) in [5.74, 6) is 0.266. The number of hydrogen-bond acceptors (Lipinski definition) is 2. The maximum atomic E-state index is 12.8. The van der Waals surface area contributed by atoms with E-state index in [1.54, 1.807) is 6.07 Å². The van der Waals surface area contributed by atoms with Gasteiger partial charge < -0.3 is 0 Å². The highest BCUT2D eigenvalue weighted by Crippen LogP contribution is 2.24. The predicted octanol–water partition coefficient (Wildman–Crippen LogP) is 3.89. The summed E-state index contributed by atoms with van der Waals surface area (Å²) in [6.07, 6.45) is 4.99. The fraction of sp³-hybridized carbons (Fsp3) is 0.333. The molecular weight excluding hydrogens is 227 g/mol. The molecule has 0 saturated carbocycles. The van der Waals surface area contributed by atoms with Crippen molar-refractivity contribution in [1.82, 2.24) is 9.97 Å². The van der Waals surface area contributed by atoms with E-state index in [4.69, 9.17) is 0 Å². The number of halogens is 1. The van der Waals surface area contributed by atoms with E-state index in [1.807, 2.05) is 12.4 Å². The minimum atomic E-state index is -0.306. The fourth-order valence-electron chi connectivity index (χ4n) is 1.84. The van der Waals surface area contributed by atoms with Crippen LogP contribution in [0.2, 0.25) is 0 Å². The molecule has 0 aliphatic rings. The quantitative estimate of drug-likeness (QED) is 0.818. The second-order valence-corrected chi connectivity index (χ2v) is 4.83. The van der Waals surface area contributed by atoms with Crippen LogP contribution in [0.1, 0.15) is 49.4 Å². The number of hydrogen-bond donors (Lipinski definition) is 0. The van der Waals surface area contributed by atoms with E-state index in [0.29, 0.717) is 5.92 Å². The molecular formula is C15H17FN2. The van der Waals surface area contributed by atoms with Gasteiger partial charge in [0.15, 0.2) is 0 Å². The SMILES string of the molecule is CC(C)c1cncc(C(C)c2ccc(F)cn2)c1. The Labute approximate surface area is 107 Å². The van der Waals surface area contributed by atoms with Crippen molar-refractivity contribution >= 4 is 0 Å². The summed E-state index contributed by atoms with van der Waals surface area (Å²) < 4.78 is 12.8. The Morgan fingerprint density at radius 3 is 2.33 bits per heavy atom. The van der Waals surface area contributed by atoms with E-state index in [1.165, 1.54) is 17.8 Å². The molecule has 1 atom stereocenters. The molecule has 0 fully saturated rings. The van der Waals surface area contributed by atoms with Crippen molar-refractivity contribution in [2.24, 2.45) is 0 Å². The number of nitrogens with zero attached hydrogens (tertiary/aromatic N) is 2. The molecule has 0 N–H and O–H groups in total. The maximum absolute atomic E-state index is 12.8. The predicted molar refractivity (Wildman–Crippen MR) is 70.0 cm³/mol. The largest absolute Gasteiger partial charge is 0.264 e. The minimum absolute atomic E-state index is 0.122. The van der Waals surface area contributed by atoms with Crippen LogP contribution < -0.4 is 0 Å². The van der Waals surface area contributed by atoms with E-state index in [2.05, 4.69) is 36.8 Å². The van der Waals surface area contributed by atoms with E-state index in [9.17, 15) is 4.39 Å². The molecule has 2 heterocycles. The summed E-state index contributed by atoms with van der Waals surface area (Å²) in [6, 6.07) is 5.31. The van der Waals surface area contributed by atoms with Crippen LogP contribution in [0.5, 0.6) is 0 Å². The lowest BCUT2D eigenvalue weighted by Crippen LogP contribution is -2.01. The Morgan fingerprint density at radius 1 is 1.00 bits per heavy atom. The van der Waals surface area contributed by atoms with Gasteiger partial charge in [-0.05, 0) is 29.2 Å². The first kappa shape index (κ1) is 12.7. The smallest absolute Gasteiger partial charge is 0.141 e. The Bertz CT molecular complexity index is 520. The Morgan fingerprint density at radius 2 is 1.72 bits per heavy atom. The molecule has 1 unspecified atom stereocenters. The summed E-state index contributed by atoms with van der Waals surface area (Å²) in [5.41, 5.74) is 3.18. The zero-order valence-electron chi connectivity index (χ0n) is 10.9. The van der Waals surface area contributed by atoms with Gasteiger partial charge in [0.25, 0.3) is 0 Å². The summed E-state index contributed by atoms with van der Waals surface area (Å²) >= 11 is 0. The highest BCUT2D eigenvalue weighted by molar-refractivity contribution is 5.29. The minimum Gasteiger partial charge on any atom is -0.264 e. The number of rotatable bonds is 3. The zero-order valence-corrected chi connectivity index (χ0v) is 10.9. The van der Waals surface area contributed by atoms with Gasteiger partial charge in [0.2, 0.25) is 0 Å². The molecule has 3 heteroatoms. The molecule has 2 nitrogen and oxygen atoms in total. The third kappa shape index (κ3) is 2.73. The van der Waals surface area contributed by atoms with Crippen molar-refractivity contribution < 1.29 is 4.39 Å². The fourth-order valence-corrected chi connectivity index (χ4v) is 1.84. The molecule has 0 amide bonds. The molecule has 2 aromatic rings. The Kier molecular flexibility index (Phi) is 3.70. The van der Waals surface area contributed by atoms with E-state index in [-0.39, 0.29) is 11.7 Å². The van der Waals surface area contributed by atoms with Crippen molar-refractivity contribution in [2.75, 3.05) is 0 Å². The van der Waals surface area contributed by atoms with Gasteiger partial charge in [-0.15, -0.1) is 0 Å². The van der Waals surface area contributed by atoms with Crippen molar-refractivity contribution in [3.63, 3.8) is 0 Å². The van der Waals surface area contributed by atoms with Crippen LogP contribution in [0, 0.1) is 5.82 Å². The van der Waals surface area contributed by atoms with Crippen LogP contribution in [-0.4, -0.2) is 9.97 Å². The van der Waals surface area contributed by atoms with Crippen LogP contribution in [0.4, 0.5) is 4.39 Å². The highest BCUT2D eigenvalue weighted by Gasteiger charge is 2.11. The van der Waals surface area contributed by atoms with Crippen LogP contribution in [0.15, 0.2) is 36.8 Å². The van der Waals surface area contributed by atoms with E-state index >= 15 is 0 Å². The third-order valence-corrected chi connectivity index (χ3v) is 3.14. The molecule has 0 aliphatic carbocycles. The monoisotopic (exact) mass is 244 g/mol. The van der Waals surface area contributed by atoms with Crippen molar-refractivity contribution in [3.8, 4) is 0 Å². The van der Waals surface area contributed by atoms with Crippen molar-refractivity contribution in [3.05, 3.63) is 59.4 Å². The molecule has 18 heavy (non-hydrogen) atoms. The van der Waals surface area contributed by atoms with Gasteiger partial charge in [-0.25, -0.2) is 4.39 Å². The lowest BCUT2D eigenvalue weighted by molar-refractivity contribution is 0.618. The number of aromatic nitrogens is 2. The van der Waals surface area contributed by atoms with Gasteiger partial charge >= 0.3 is 0 Å². The van der Waals surface area contributed by atoms with E-state index in [0.717, 1.165) is 11.3 Å². The lowest BCUT2D eigenvalue weighted by Gasteiger charge is -2.13. The molecule has 0 aliphatic heterocycles. The molecule has 94 valence electrons. The molecule has 2 aromatic heterocycles. The van der Waals surface area contributed by atoms with Crippen LogP contribution >= 0.6 is 0 Å². The first-order valence-corrected chi connectivity index (χ1v) is 6.14. The second kappa shape index (κ2) is 5.25. The van der Waals surface area contributed by atoms with Crippen LogP contribution in [-0.2, 0) is 0 Å². The summed E-state index contributed by atoms with van der Waals surface area (Å²) in [7, 11) is 0. The summed E-state index contributed by atoms with van der Waals surface area (Å²) in [5, 5.41) is 0. The van der Waals surface area contributed by atoms with Gasteiger partial charge in [0.1, 0.15) is 5.82 Å². The van der Waals surface area contributed by atoms with Crippen molar-refractivity contribution in [2.45, 2.75) is 32.6 Å². The van der Waals surface area contributed by atoms with Crippen LogP contribution in [0.3, 0.4) is 0 Å². The molecule has 0 spiro atoms. The molecule has 0 aromatic carbocycles. The first-order chi connectivity index (χ1) is 8.58. The zero-order chi connectivity index (χ0) is 13.1. The molecule has 0 radical (unpaired) electrons. The van der Waals surface area contributed by atoms with Gasteiger partial charge in [0, 0.05) is 24.0 Å². The molecule has 2 rings (SSSR count). The maximum Gasteiger partial charge on any atom is 0.141 e. The topological polar surface area (TPSA) is 25.8 Å². The van der Waals surface area contributed by atoms with Gasteiger partial charge in [-0.2, -0.15) is 0 Å². The van der Waals surface area contributed by atoms with Gasteiger partial charge in [0.05, 0.1) is 6.20 Å². The standard InChI is InChI=1S/C15H17FN2/c1-10(2)12-6-13(8-17-7-12)11(3)15-5-4-14(16)9-18-15/h4-11H,1-3H3. The van der Waals surface area contributed by atoms with Crippen molar-refractivity contribution in [1.29, 1.82) is 0 Å². The second-order valence-electron chi connectivity index (χ2n) is 4.83. The normalized spacial score (nSPS) is 12.7. The summed E-state index contributed by atoms with van der Waals surface area (Å²) in [4.78, 5) is 8.39. The Balaban J connectivity index is 2.30. The average molecular weight is 244 g/mol. The molecule has 0 saturated heterocycles. The van der Waals surface area contributed by atoms with Crippen LogP contribution in [0.25, 0.3) is 0 Å². The lowest BCUT2D eigenvalue weighted by atomic mass is 9.95. The first-order valence-electron chi connectivity index (χ1n) is 6.14.